The number of nitrogens with one attached hydrogen (secondary N) is 1. The number of rotatable bonds is 5. The molecule has 0 unspecified atom stereocenters. The van der Waals surface area contributed by atoms with Gasteiger partial charge in [0.15, 0.2) is 12.3 Å². The summed E-state index contributed by atoms with van der Waals surface area (Å²) in [6.07, 6.45) is 1.62. The highest BCUT2D eigenvalue weighted by molar-refractivity contribution is 6.40. The number of furan rings is 1. The van der Waals surface area contributed by atoms with Crippen molar-refractivity contribution in [1.82, 2.24) is 0 Å². The molecule has 2 aromatic rings. The van der Waals surface area contributed by atoms with E-state index in [-0.39, 0.29) is 18.5 Å². The molecule has 2 rings (SSSR count). The summed E-state index contributed by atoms with van der Waals surface area (Å²) >= 11 is 12.2. The summed E-state index contributed by atoms with van der Waals surface area (Å²) in [5.41, 5.74) is 1.33. The molecule has 0 aliphatic heterocycles. The zero-order valence-electron chi connectivity index (χ0n) is 11.8. The van der Waals surface area contributed by atoms with Crippen LogP contribution in [0.2, 0.25) is 10.0 Å². The highest BCUT2D eigenvalue weighted by atomic mass is 35.5. The first-order chi connectivity index (χ1) is 9.99. The van der Waals surface area contributed by atoms with Crippen molar-refractivity contribution in [2.45, 2.75) is 19.9 Å². The highest BCUT2D eigenvalue weighted by Gasteiger charge is 2.16. The third kappa shape index (κ3) is 4.00. The Morgan fingerprint density at radius 2 is 2.14 bits per heavy atom. The van der Waals surface area contributed by atoms with E-state index in [0.29, 0.717) is 15.7 Å². The molecule has 0 spiro atoms. The number of carbonyl (C=O) groups is 1. The van der Waals surface area contributed by atoms with Gasteiger partial charge in [-0.05, 0) is 37.6 Å². The van der Waals surface area contributed by atoms with Crippen molar-refractivity contribution < 1.29 is 14.5 Å². The Labute approximate surface area is 133 Å². The van der Waals surface area contributed by atoms with Crippen LogP contribution in [-0.2, 0) is 4.79 Å². The minimum absolute atomic E-state index is 0.0641. The molecule has 0 aliphatic carbocycles. The van der Waals surface area contributed by atoms with Gasteiger partial charge in [-0.3, -0.25) is 4.79 Å². The number of amides is 1. The van der Waals surface area contributed by atoms with Crippen molar-refractivity contribution in [2.24, 2.45) is 0 Å². The SMILES string of the molecule is Cc1ccc(Cl)c(NC(=O)C[NH2+][C@@H](C)c2ccco2)c1Cl. The van der Waals surface area contributed by atoms with Gasteiger partial charge in [0.05, 0.1) is 22.0 Å². The highest BCUT2D eigenvalue weighted by Crippen LogP contribution is 2.32. The molecule has 0 saturated carbocycles. The minimum atomic E-state index is -0.164. The van der Waals surface area contributed by atoms with Crippen molar-refractivity contribution in [3.05, 3.63) is 51.9 Å². The van der Waals surface area contributed by atoms with Crippen molar-refractivity contribution in [2.75, 3.05) is 11.9 Å². The van der Waals surface area contributed by atoms with Crippen molar-refractivity contribution in [1.29, 1.82) is 0 Å². The fourth-order valence-electron chi connectivity index (χ4n) is 1.91. The molecule has 1 aromatic carbocycles. The molecule has 1 heterocycles. The Bertz CT molecular complexity index is 627. The number of carbonyl (C=O) groups excluding carboxylic acids is 1. The lowest BCUT2D eigenvalue weighted by molar-refractivity contribution is -0.684. The van der Waals surface area contributed by atoms with Crippen LogP contribution < -0.4 is 10.6 Å². The summed E-state index contributed by atoms with van der Waals surface area (Å²) in [5.74, 6) is 0.664. The zero-order valence-corrected chi connectivity index (χ0v) is 13.3. The largest absolute Gasteiger partial charge is 0.463 e. The first kappa shape index (κ1) is 15.9. The van der Waals surface area contributed by atoms with E-state index in [2.05, 4.69) is 5.32 Å². The Morgan fingerprint density at radius 3 is 2.81 bits per heavy atom. The average molecular weight is 328 g/mol. The number of halogens is 2. The molecule has 112 valence electrons. The van der Waals surface area contributed by atoms with Gasteiger partial charge < -0.3 is 15.1 Å². The summed E-state index contributed by atoms with van der Waals surface area (Å²) in [6, 6.07) is 7.30. The number of quaternary nitrogens is 1. The normalized spacial score (nSPS) is 12.2. The Kier molecular flexibility index (Phi) is 5.28. The van der Waals surface area contributed by atoms with Gasteiger partial charge in [0.2, 0.25) is 0 Å². The van der Waals surface area contributed by atoms with E-state index in [0.717, 1.165) is 11.3 Å². The molecular formula is C15H17Cl2N2O2+. The van der Waals surface area contributed by atoms with Crippen molar-refractivity contribution in [3.63, 3.8) is 0 Å². The van der Waals surface area contributed by atoms with E-state index in [1.54, 1.807) is 12.3 Å². The lowest BCUT2D eigenvalue weighted by Crippen LogP contribution is -2.86. The standard InChI is InChI=1S/C15H16Cl2N2O2/c1-9-5-6-11(16)15(14(9)17)19-13(20)8-18-10(2)12-4-3-7-21-12/h3-7,10,18H,8H2,1-2H3,(H,19,20)/p+1/t10-/m0/s1. The minimum Gasteiger partial charge on any atom is -0.463 e. The van der Waals surface area contributed by atoms with E-state index < -0.39 is 0 Å². The van der Waals surface area contributed by atoms with Crippen LogP contribution in [0.25, 0.3) is 0 Å². The first-order valence-corrected chi connectivity index (χ1v) is 7.36. The molecule has 21 heavy (non-hydrogen) atoms. The number of hydrogen-bond acceptors (Lipinski definition) is 2. The van der Waals surface area contributed by atoms with Crippen molar-refractivity contribution in [3.8, 4) is 0 Å². The second kappa shape index (κ2) is 6.98. The maximum Gasteiger partial charge on any atom is 0.279 e. The van der Waals surface area contributed by atoms with Crippen LogP contribution in [0.4, 0.5) is 5.69 Å². The maximum absolute atomic E-state index is 12.0. The fraction of sp³-hybridized carbons (Fsp3) is 0.267. The predicted octanol–water partition coefficient (Wildman–Crippen LogP) is 3.16. The van der Waals surface area contributed by atoms with Crippen LogP contribution in [0.3, 0.4) is 0 Å². The average Bonchev–Trinajstić information content (AvgIpc) is 2.99. The lowest BCUT2D eigenvalue weighted by Gasteiger charge is -2.12. The maximum atomic E-state index is 12.0. The van der Waals surface area contributed by atoms with Gasteiger partial charge in [-0.25, -0.2) is 0 Å². The van der Waals surface area contributed by atoms with E-state index in [4.69, 9.17) is 27.6 Å². The van der Waals surface area contributed by atoms with Crippen LogP contribution in [-0.4, -0.2) is 12.5 Å². The Hall–Kier alpha value is -1.49. The van der Waals surface area contributed by atoms with Gasteiger partial charge in [0, 0.05) is 0 Å². The van der Waals surface area contributed by atoms with Crippen LogP contribution in [0.15, 0.2) is 34.9 Å². The molecule has 0 saturated heterocycles. The number of benzene rings is 1. The molecule has 4 nitrogen and oxygen atoms in total. The molecule has 3 N–H and O–H groups in total. The van der Waals surface area contributed by atoms with Gasteiger partial charge in [0.25, 0.3) is 5.91 Å². The molecule has 1 amide bonds. The molecule has 0 radical (unpaired) electrons. The van der Waals surface area contributed by atoms with Gasteiger partial charge in [-0.1, -0.05) is 29.3 Å². The summed E-state index contributed by atoms with van der Waals surface area (Å²) < 4.78 is 5.29. The van der Waals surface area contributed by atoms with Gasteiger partial charge in [-0.2, -0.15) is 0 Å². The quantitative estimate of drug-likeness (QED) is 0.886. The predicted molar refractivity (Wildman–Crippen MR) is 83.7 cm³/mol. The zero-order chi connectivity index (χ0) is 15.4. The van der Waals surface area contributed by atoms with E-state index in [1.165, 1.54) is 0 Å². The molecule has 1 atom stereocenters. The third-order valence-electron chi connectivity index (χ3n) is 3.20. The van der Waals surface area contributed by atoms with Crippen LogP contribution in [0.5, 0.6) is 0 Å². The molecule has 0 bridgehead atoms. The van der Waals surface area contributed by atoms with E-state index in [1.807, 2.05) is 37.4 Å². The van der Waals surface area contributed by atoms with Crippen LogP contribution >= 0.6 is 23.2 Å². The van der Waals surface area contributed by atoms with Crippen LogP contribution in [0, 0.1) is 6.92 Å². The smallest absolute Gasteiger partial charge is 0.279 e. The number of anilines is 1. The Morgan fingerprint density at radius 1 is 1.38 bits per heavy atom. The first-order valence-electron chi connectivity index (χ1n) is 6.60. The summed E-state index contributed by atoms with van der Waals surface area (Å²) in [6.45, 7) is 4.08. The van der Waals surface area contributed by atoms with Gasteiger partial charge in [0.1, 0.15) is 6.04 Å². The summed E-state index contributed by atoms with van der Waals surface area (Å²) in [5, 5.41) is 5.53. The topological polar surface area (TPSA) is 58.9 Å². The number of hydrogen-bond donors (Lipinski definition) is 2. The molecule has 0 aliphatic rings. The van der Waals surface area contributed by atoms with Gasteiger partial charge in [-0.15, -0.1) is 0 Å². The van der Waals surface area contributed by atoms with Gasteiger partial charge >= 0.3 is 0 Å². The monoisotopic (exact) mass is 327 g/mol. The second-order valence-electron chi connectivity index (χ2n) is 4.85. The summed E-state index contributed by atoms with van der Waals surface area (Å²) in [4.78, 5) is 12.0. The number of nitrogens with two attached hydrogens (primary N) is 1. The fourth-order valence-corrected chi connectivity index (χ4v) is 2.38. The molecule has 6 heteroatoms. The number of aryl methyl sites for hydroxylation is 1. The van der Waals surface area contributed by atoms with Crippen LogP contribution in [0.1, 0.15) is 24.3 Å². The van der Waals surface area contributed by atoms with E-state index >= 15 is 0 Å². The second-order valence-corrected chi connectivity index (χ2v) is 5.63. The summed E-state index contributed by atoms with van der Waals surface area (Å²) in [7, 11) is 0. The molecular weight excluding hydrogens is 311 g/mol. The molecule has 0 fully saturated rings. The van der Waals surface area contributed by atoms with Crippen molar-refractivity contribution >= 4 is 34.8 Å². The lowest BCUT2D eigenvalue weighted by atomic mass is 10.2. The Balaban J connectivity index is 1.95. The third-order valence-corrected chi connectivity index (χ3v) is 4.00. The molecule has 1 aromatic heterocycles. The van der Waals surface area contributed by atoms with E-state index in [9.17, 15) is 4.79 Å².